The summed E-state index contributed by atoms with van der Waals surface area (Å²) >= 11 is 0. The molecule has 1 aliphatic rings. The Kier molecular flexibility index (Phi) is 5.27. The number of rotatable bonds is 5. The van der Waals surface area contributed by atoms with Crippen LogP contribution in [-0.2, 0) is 16.1 Å². The lowest BCUT2D eigenvalue weighted by atomic mass is 10.1. The Hall–Kier alpha value is -3.61. The van der Waals surface area contributed by atoms with E-state index in [2.05, 4.69) is 34.4 Å². The first-order chi connectivity index (χ1) is 14.4. The number of benzene rings is 2. The molecule has 3 N–H and O–H groups in total. The van der Waals surface area contributed by atoms with Gasteiger partial charge in [0.2, 0.25) is 11.8 Å². The summed E-state index contributed by atoms with van der Waals surface area (Å²) in [5, 5.41) is 9.20. The summed E-state index contributed by atoms with van der Waals surface area (Å²) in [5.74, 6) is -0.634. The first-order valence-corrected chi connectivity index (χ1v) is 10.0. The van der Waals surface area contributed by atoms with Crippen LogP contribution < -0.4 is 16.0 Å². The molecule has 0 fully saturated rings. The molecule has 3 amide bonds. The number of carbonyl (C=O) groups excluding carboxylic acids is 3. The molecule has 30 heavy (non-hydrogen) atoms. The monoisotopic (exact) mass is 404 g/mol. The number of nitrogens with zero attached hydrogens (tertiary/aromatic N) is 1. The summed E-state index contributed by atoms with van der Waals surface area (Å²) in [6.45, 7) is 5.19. The molecule has 0 saturated carbocycles. The Morgan fingerprint density at radius 1 is 1.10 bits per heavy atom. The van der Waals surface area contributed by atoms with E-state index in [4.69, 9.17) is 0 Å². The second kappa shape index (κ2) is 8.02. The minimum absolute atomic E-state index is 0.158. The maximum Gasteiger partial charge on any atom is 0.254 e. The highest BCUT2D eigenvalue weighted by Gasteiger charge is 2.29. The van der Waals surface area contributed by atoms with Gasteiger partial charge in [-0.05, 0) is 36.2 Å². The molecule has 2 aromatic carbocycles. The zero-order valence-electron chi connectivity index (χ0n) is 16.9. The second-order valence-corrected chi connectivity index (χ2v) is 7.91. The molecule has 1 aromatic heterocycles. The van der Waals surface area contributed by atoms with E-state index in [1.807, 2.05) is 30.5 Å². The van der Waals surface area contributed by atoms with E-state index in [1.165, 1.54) is 0 Å². The van der Waals surface area contributed by atoms with Crippen LogP contribution in [0.5, 0.6) is 0 Å². The van der Waals surface area contributed by atoms with Crippen molar-refractivity contribution in [3.8, 4) is 0 Å². The van der Waals surface area contributed by atoms with Crippen molar-refractivity contribution in [2.75, 3.05) is 10.6 Å². The Morgan fingerprint density at radius 2 is 1.90 bits per heavy atom. The van der Waals surface area contributed by atoms with Gasteiger partial charge in [0.1, 0.15) is 6.04 Å². The molecule has 2 heterocycles. The van der Waals surface area contributed by atoms with Crippen LogP contribution in [0, 0.1) is 5.92 Å². The number of amides is 3. The Balaban J connectivity index is 1.49. The molecule has 0 saturated heterocycles. The van der Waals surface area contributed by atoms with Crippen molar-refractivity contribution in [3.05, 3.63) is 60.3 Å². The molecule has 0 radical (unpaired) electrons. The summed E-state index contributed by atoms with van der Waals surface area (Å²) in [6, 6.07) is 13.5. The van der Waals surface area contributed by atoms with Gasteiger partial charge in [-0.3, -0.25) is 14.4 Å². The predicted octanol–water partition coefficient (Wildman–Crippen LogP) is 3.38. The molecular formula is C23H24N4O3. The fourth-order valence-electron chi connectivity index (χ4n) is 3.73. The van der Waals surface area contributed by atoms with Crippen LogP contribution in [0.1, 0.15) is 30.6 Å². The fraction of sp³-hybridized carbons (Fsp3) is 0.261. The summed E-state index contributed by atoms with van der Waals surface area (Å²) in [7, 11) is 0. The number of hydrogen-bond acceptors (Lipinski definition) is 3. The Labute approximate surface area is 174 Å². The molecule has 7 heteroatoms. The molecule has 0 unspecified atom stereocenters. The van der Waals surface area contributed by atoms with E-state index in [0.29, 0.717) is 22.9 Å². The first-order valence-electron chi connectivity index (χ1n) is 10.0. The minimum atomic E-state index is -0.949. The van der Waals surface area contributed by atoms with Crippen LogP contribution in [0.4, 0.5) is 11.4 Å². The summed E-state index contributed by atoms with van der Waals surface area (Å²) in [4.78, 5) is 37.6. The van der Waals surface area contributed by atoms with E-state index in [9.17, 15) is 14.4 Å². The maximum absolute atomic E-state index is 12.7. The highest BCUT2D eigenvalue weighted by atomic mass is 16.2. The quantitative estimate of drug-likeness (QED) is 0.609. The SMILES string of the molecule is CC(C)Cn1ccc2c(NC(=O)C[C@@H]3NC(=O)c4ccccc4NC3=O)cccc21. The topological polar surface area (TPSA) is 92.2 Å². The third-order valence-corrected chi connectivity index (χ3v) is 5.09. The predicted molar refractivity (Wildman–Crippen MR) is 116 cm³/mol. The molecule has 0 bridgehead atoms. The maximum atomic E-state index is 12.7. The molecule has 4 rings (SSSR count). The van der Waals surface area contributed by atoms with Crippen molar-refractivity contribution in [1.29, 1.82) is 0 Å². The van der Waals surface area contributed by atoms with E-state index in [0.717, 1.165) is 17.4 Å². The van der Waals surface area contributed by atoms with E-state index >= 15 is 0 Å². The zero-order valence-corrected chi connectivity index (χ0v) is 16.9. The van der Waals surface area contributed by atoms with Gasteiger partial charge in [0.15, 0.2) is 0 Å². The average Bonchev–Trinajstić information content (AvgIpc) is 3.06. The number of hydrogen-bond donors (Lipinski definition) is 3. The van der Waals surface area contributed by atoms with Gasteiger partial charge in [-0.25, -0.2) is 0 Å². The van der Waals surface area contributed by atoms with Gasteiger partial charge in [0.25, 0.3) is 5.91 Å². The first kappa shape index (κ1) is 19.7. The lowest BCUT2D eigenvalue weighted by molar-refractivity contribution is -0.122. The molecule has 1 atom stereocenters. The molecular weight excluding hydrogens is 380 g/mol. The zero-order chi connectivity index (χ0) is 21.3. The number of carbonyl (C=O) groups is 3. The van der Waals surface area contributed by atoms with Crippen molar-refractivity contribution in [2.24, 2.45) is 5.92 Å². The third kappa shape index (κ3) is 3.91. The van der Waals surface area contributed by atoms with E-state index in [-0.39, 0.29) is 18.2 Å². The Morgan fingerprint density at radius 3 is 2.70 bits per heavy atom. The van der Waals surface area contributed by atoms with E-state index in [1.54, 1.807) is 24.3 Å². The minimum Gasteiger partial charge on any atom is -0.347 e. The standard InChI is InChI=1S/C23H24N4O3/c1-14(2)13-27-11-10-15-17(8-5-9-20(15)27)24-21(28)12-19-23(30)25-18-7-4-3-6-16(18)22(29)26-19/h3-11,14,19H,12-13H2,1-2H3,(H,24,28)(H,25,30)(H,26,29)/t19-/m0/s1. The van der Waals surface area contributed by atoms with E-state index < -0.39 is 11.9 Å². The van der Waals surface area contributed by atoms with Gasteiger partial charge >= 0.3 is 0 Å². The number of para-hydroxylation sites is 1. The smallest absolute Gasteiger partial charge is 0.254 e. The van der Waals surface area contributed by atoms with Crippen molar-refractivity contribution in [1.82, 2.24) is 9.88 Å². The van der Waals surface area contributed by atoms with Crippen molar-refractivity contribution in [2.45, 2.75) is 32.9 Å². The molecule has 3 aromatic rings. The van der Waals surface area contributed by atoms with Crippen LogP contribution >= 0.6 is 0 Å². The third-order valence-electron chi connectivity index (χ3n) is 5.09. The second-order valence-electron chi connectivity index (χ2n) is 7.91. The lowest BCUT2D eigenvalue weighted by Crippen LogP contribution is -2.43. The molecule has 0 spiro atoms. The van der Waals surface area contributed by atoms with Crippen molar-refractivity contribution in [3.63, 3.8) is 0 Å². The normalized spacial score (nSPS) is 16.0. The van der Waals surface area contributed by atoms with Gasteiger partial charge in [-0.1, -0.05) is 32.0 Å². The fourth-order valence-corrected chi connectivity index (χ4v) is 3.73. The van der Waals surface area contributed by atoms with Gasteiger partial charge in [0.05, 0.1) is 28.9 Å². The largest absolute Gasteiger partial charge is 0.347 e. The molecule has 154 valence electrons. The molecule has 0 aliphatic carbocycles. The van der Waals surface area contributed by atoms with Crippen LogP contribution in [0.2, 0.25) is 0 Å². The van der Waals surface area contributed by atoms with Crippen LogP contribution in [-0.4, -0.2) is 28.3 Å². The number of nitrogens with one attached hydrogen (secondary N) is 3. The number of fused-ring (bicyclic) bond motifs is 2. The van der Waals surface area contributed by atoms with Gasteiger partial charge in [-0.2, -0.15) is 0 Å². The summed E-state index contributed by atoms with van der Waals surface area (Å²) in [6.07, 6.45) is 1.85. The van der Waals surface area contributed by atoms with Gasteiger partial charge in [0, 0.05) is 18.1 Å². The van der Waals surface area contributed by atoms with Crippen LogP contribution in [0.3, 0.4) is 0 Å². The summed E-state index contributed by atoms with van der Waals surface area (Å²) < 4.78 is 2.16. The van der Waals surface area contributed by atoms with Crippen LogP contribution in [0.25, 0.3) is 10.9 Å². The number of anilines is 2. The highest BCUT2D eigenvalue weighted by Crippen LogP contribution is 2.26. The van der Waals surface area contributed by atoms with Crippen molar-refractivity contribution >= 4 is 40.0 Å². The molecule has 7 nitrogen and oxygen atoms in total. The lowest BCUT2D eigenvalue weighted by Gasteiger charge is -2.15. The van der Waals surface area contributed by atoms with Crippen LogP contribution in [0.15, 0.2) is 54.7 Å². The molecule has 1 aliphatic heterocycles. The van der Waals surface area contributed by atoms with Crippen molar-refractivity contribution < 1.29 is 14.4 Å². The van der Waals surface area contributed by atoms with Gasteiger partial charge in [-0.15, -0.1) is 0 Å². The number of aromatic nitrogens is 1. The van der Waals surface area contributed by atoms with Gasteiger partial charge < -0.3 is 20.5 Å². The average molecular weight is 404 g/mol. The Bertz CT molecular complexity index is 1130. The highest BCUT2D eigenvalue weighted by molar-refractivity contribution is 6.11. The summed E-state index contributed by atoms with van der Waals surface area (Å²) in [5.41, 5.74) is 2.55.